The second-order valence-corrected chi connectivity index (χ2v) is 9.67. The third-order valence-electron chi connectivity index (χ3n) is 5.94. The van der Waals surface area contributed by atoms with Crippen molar-refractivity contribution in [3.63, 3.8) is 0 Å². The molecule has 4 aliphatic rings. The molecule has 23 heavy (non-hydrogen) atoms. The molecule has 1 aromatic carbocycles. The Balaban J connectivity index is 1.42. The van der Waals surface area contributed by atoms with E-state index in [1.165, 1.54) is 38.5 Å². The van der Waals surface area contributed by atoms with Crippen LogP contribution in [-0.2, 0) is 4.79 Å². The van der Waals surface area contributed by atoms with Gasteiger partial charge in [0.15, 0.2) is 0 Å². The van der Waals surface area contributed by atoms with Crippen LogP contribution in [0.15, 0.2) is 29.2 Å². The highest BCUT2D eigenvalue weighted by Crippen LogP contribution is 2.55. The molecule has 0 saturated heterocycles. The van der Waals surface area contributed by atoms with E-state index in [2.05, 4.69) is 5.32 Å². The van der Waals surface area contributed by atoms with E-state index in [0.717, 1.165) is 27.7 Å². The Morgan fingerprint density at radius 2 is 1.74 bits per heavy atom. The fraction of sp³-hybridized carbons (Fsp3) is 0.632. The van der Waals surface area contributed by atoms with E-state index in [-0.39, 0.29) is 16.7 Å². The average Bonchev–Trinajstić information content (AvgIpc) is 2.47. The Bertz CT molecular complexity index is 582. The summed E-state index contributed by atoms with van der Waals surface area (Å²) in [6.45, 7) is 1.99. The van der Waals surface area contributed by atoms with Gasteiger partial charge in [-0.05, 0) is 75.3 Å². The minimum absolute atomic E-state index is 0.0983. The van der Waals surface area contributed by atoms with Gasteiger partial charge in [0.2, 0.25) is 5.91 Å². The molecule has 4 fully saturated rings. The molecule has 1 atom stereocenters. The fourth-order valence-corrected chi connectivity index (χ4v) is 6.56. The second-order valence-electron chi connectivity index (χ2n) is 7.88. The molecule has 4 aliphatic carbocycles. The lowest BCUT2D eigenvalue weighted by molar-refractivity contribution is -0.126. The van der Waals surface area contributed by atoms with Gasteiger partial charge in [-0.1, -0.05) is 23.7 Å². The third kappa shape index (κ3) is 3.15. The molecular formula is C19H24ClNOS. The molecule has 1 aromatic rings. The zero-order valence-electron chi connectivity index (χ0n) is 13.6. The van der Waals surface area contributed by atoms with Gasteiger partial charge in [-0.3, -0.25) is 4.79 Å². The van der Waals surface area contributed by atoms with Crippen LogP contribution in [0.1, 0.15) is 45.4 Å². The molecule has 5 rings (SSSR count). The van der Waals surface area contributed by atoms with E-state index < -0.39 is 0 Å². The minimum Gasteiger partial charge on any atom is -0.350 e. The van der Waals surface area contributed by atoms with E-state index in [1.54, 1.807) is 11.8 Å². The highest BCUT2D eigenvalue weighted by Gasteiger charge is 2.51. The van der Waals surface area contributed by atoms with Gasteiger partial charge in [-0.15, -0.1) is 11.8 Å². The number of nitrogens with one attached hydrogen (secondary N) is 1. The lowest BCUT2D eigenvalue weighted by Gasteiger charge is -2.57. The molecule has 0 aromatic heterocycles. The first-order valence-electron chi connectivity index (χ1n) is 8.76. The van der Waals surface area contributed by atoms with Gasteiger partial charge in [-0.25, -0.2) is 0 Å². The van der Waals surface area contributed by atoms with Crippen LogP contribution in [0.2, 0.25) is 5.02 Å². The van der Waals surface area contributed by atoms with Crippen LogP contribution in [-0.4, -0.2) is 16.7 Å². The Labute approximate surface area is 147 Å². The summed E-state index contributed by atoms with van der Waals surface area (Å²) in [5.41, 5.74) is 0.0983. The van der Waals surface area contributed by atoms with Crippen molar-refractivity contribution in [1.29, 1.82) is 0 Å². The third-order valence-corrected chi connectivity index (χ3v) is 7.56. The van der Waals surface area contributed by atoms with Crippen molar-refractivity contribution in [2.45, 2.75) is 61.1 Å². The van der Waals surface area contributed by atoms with Crippen LogP contribution < -0.4 is 5.32 Å². The van der Waals surface area contributed by atoms with Gasteiger partial charge < -0.3 is 5.32 Å². The van der Waals surface area contributed by atoms with Crippen molar-refractivity contribution >= 4 is 29.3 Å². The average molecular weight is 350 g/mol. The molecule has 2 nitrogen and oxygen atoms in total. The number of benzene rings is 1. The van der Waals surface area contributed by atoms with Gasteiger partial charge in [0, 0.05) is 10.4 Å². The van der Waals surface area contributed by atoms with Crippen molar-refractivity contribution in [2.24, 2.45) is 17.8 Å². The molecule has 124 valence electrons. The van der Waals surface area contributed by atoms with E-state index in [4.69, 9.17) is 11.6 Å². The molecular weight excluding hydrogens is 326 g/mol. The summed E-state index contributed by atoms with van der Waals surface area (Å²) in [5.74, 6) is 2.74. The highest BCUT2D eigenvalue weighted by atomic mass is 35.5. The van der Waals surface area contributed by atoms with Crippen LogP contribution in [0.5, 0.6) is 0 Å². The fourth-order valence-electron chi connectivity index (χ4n) is 5.41. The summed E-state index contributed by atoms with van der Waals surface area (Å²) in [6, 6.07) is 7.76. The summed E-state index contributed by atoms with van der Waals surface area (Å²) in [7, 11) is 0. The first kappa shape index (κ1) is 15.8. The molecule has 1 amide bonds. The maximum atomic E-state index is 12.8. The Morgan fingerprint density at radius 3 is 2.30 bits per heavy atom. The lowest BCUT2D eigenvalue weighted by atomic mass is 9.53. The zero-order valence-corrected chi connectivity index (χ0v) is 15.1. The number of rotatable bonds is 4. The molecule has 0 heterocycles. The summed E-state index contributed by atoms with van der Waals surface area (Å²) >= 11 is 7.78. The Kier molecular flexibility index (Phi) is 4.13. The first-order valence-corrected chi connectivity index (χ1v) is 10.0. The summed E-state index contributed by atoms with van der Waals surface area (Å²) in [5, 5.41) is 4.08. The number of carbonyl (C=O) groups excluding carboxylic acids is 1. The summed E-state index contributed by atoms with van der Waals surface area (Å²) < 4.78 is 0. The number of halogens is 1. The van der Waals surface area contributed by atoms with Crippen molar-refractivity contribution < 1.29 is 4.79 Å². The number of hydrogen-bond donors (Lipinski definition) is 1. The smallest absolute Gasteiger partial charge is 0.233 e. The van der Waals surface area contributed by atoms with Gasteiger partial charge in [-0.2, -0.15) is 0 Å². The maximum absolute atomic E-state index is 12.8. The van der Waals surface area contributed by atoms with Crippen LogP contribution in [0.3, 0.4) is 0 Å². The standard InChI is InChI=1S/C19H24ClNOS/c1-12(23-17-5-3-2-4-16(17)20)18(22)21-19-9-13-6-14(10-19)8-15(7-13)11-19/h2-5,12-15H,6-11H2,1H3,(H,21,22)/t12-,13?,14?,15?,19?/m1/s1. The van der Waals surface area contributed by atoms with Crippen LogP contribution in [0.25, 0.3) is 0 Å². The number of thioether (sulfide) groups is 1. The summed E-state index contributed by atoms with van der Waals surface area (Å²) in [4.78, 5) is 13.8. The SMILES string of the molecule is C[C@@H](Sc1ccccc1Cl)C(=O)NC12CC3CC(CC(C3)C1)C2. The molecule has 0 unspecified atom stereocenters. The second kappa shape index (κ2) is 6.00. The number of carbonyl (C=O) groups is 1. The molecule has 4 saturated carbocycles. The molecule has 4 heteroatoms. The largest absolute Gasteiger partial charge is 0.350 e. The monoisotopic (exact) mass is 349 g/mol. The van der Waals surface area contributed by atoms with Crippen molar-refractivity contribution in [3.8, 4) is 0 Å². The first-order chi connectivity index (χ1) is 11.0. The van der Waals surface area contributed by atoms with Crippen LogP contribution in [0.4, 0.5) is 0 Å². The minimum atomic E-state index is -0.108. The van der Waals surface area contributed by atoms with E-state index in [1.807, 2.05) is 31.2 Å². The van der Waals surface area contributed by atoms with E-state index in [0.29, 0.717) is 0 Å². The Hall–Kier alpha value is -0.670. The Morgan fingerprint density at radius 1 is 1.17 bits per heavy atom. The summed E-state index contributed by atoms with van der Waals surface area (Å²) in [6.07, 6.45) is 7.81. The van der Waals surface area contributed by atoms with Crippen LogP contribution >= 0.6 is 23.4 Å². The van der Waals surface area contributed by atoms with Gasteiger partial charge in [0.1, 0.15) is 0 Å². The molecule has 1 N–H and O–H groups in total. The van der Waals surface area contributed by atoms with E-state index >= 15 is 0 Å². The van der Waals surface area contributed by atoms with Gasteiger partial charge in [0.25, 0.3) is 0 Å². The molecule has 0 radical (unpaired) electrons. The van der Waals surface area contributed by atoms with Gasteiger partial charge in [0.05, 0.1) is 10.3 Å². The van der Waals surface area contributed by atoms with Crippen molar-refractivity contribution in [3.05, 3.63) is 29.3 Å². The lowest BCUT2D eigenvalue weighted by Crippen LogP contribution is -2.60. The maximum Gasteiger partial charge on any atom is 0.233 e. The van der Waals surface area contributed by atoms with Crippen LogP contribution in [0, 0.1) is 17.8 Å². The van der Waals surface area contributed by atoms with Gasteiger partial charge >= 0.3 is 0 Å². The van der Waals surface area contributed by atoms with E-state index in [9.17, 15) is 4.79 Å². The van der Waals surface area contributed by atoms with Crippen molar-refractivity contribution in [1.82, 2.24) is 5.32 Å². The van der Waals surface area contributed by atoms with Crippen molar-refractivity contribution in [2.75, 3.05) is 0 Å². The quantitative estimate of drug-likeness (QED) is 0.783. The molecule has 0 spiro atoms. The zero-order chi connectivity index (χ0) is 16.0. The normalized spacial score (nSPS) is 36.0. The number of hydrogen-bond acceptors (Lipinski definition) is 2. The highest BCUT2D eigenvalue weighted by molar-refractivity contribution is 8.00. The number of amides is 1. The molecule has 4 bridgehead atoms. The predicted octanol–water partition coefficient (Wildman–Crippen LogP) is 4.91. The predicted molar refractivity (Wildman–Crippen MR) is 95.8 cm³/mol. The molecule has 0 aliphatic heterocycles. The topological polar surface area (TPSA) is 29.1 Å².